The van der Waals surface area contributed by atoms with E-state index in [0.29, 0.717) is 17.9 Å². The number of aliphatic carboxylic acids is 1. The topological polar surface area (TPSA) is 58.6 Å². The normalized spacial score (nSPS) is 32.3. The van der Waals surface area contributed by atoms with Gasteiger partial charge >= 0.3 is 5.97 Å². The Morgan fingerprint density at radius 1 is 1.38 bits per heavy atom. The van der Waals surface area contributed by atoms with Crippen molar-refractivity contribution in [1.82, 2.24) is 5.32 Å². The molecule has 0 saturated heterocycles. The highest BCUT2D eigenvalue weighted by atomic mass is 16.5. The van der Waals surface area contributed by atoms with Gasteiger partial charge in [0.05, 0.1) is 6.61 Å². The molecule has 0 amide bonds. The molecule has 4 heteroatoms. The highest BCUT2D eigenvalue weighted by molar-refractivity contribution is 5.73. The lowest BCUT2D eigenvalue weighted by Crippen LogP contribution is -2.48. The first kappa shape index (κ1) is 13.5. The number of hydrogen-bond acceptors (Lipinski definition) is 3. The Morgan fingerprint density at radius 2 is 1.94 bits per heavy atom. The maximum Gasteiger partial charge on any atom is 0.323 e. The molecule has 16 heavy (non-hydrogen) atoms. The molecule has 0 spiro atoms. The van der Waals surface area contributed by atoms with Crippen molar-refractivity contribution >= 4 is 5.97 Å². The van der Waals surface area contributed by atoms with Gasteiger partial charge in [-0.25, -0.2) is 0 Å². The van der Waals surface area contributed by atoms with Crippen LogP contribution in [0, 0.1) is 11.8 Å². The van der Waals surface area contributed by atoms with Crippen molar-refractivity contribution in [2.45, 2.75) is 45.2 Å². The summed E-state index contributed by atoms with van der Waals surface area (Å²) in [6, 6.07) is -0.262. The van der Waals surface area contributed by atoms with Gasteiger partial charge < -0.3 is 9.84 Å². The van der Waals surface area contributed by atoms with Crippen LogP contribution in [0.4, 0.5) is 0 Å². The largest absolute Gasteiger partial charge is 0.480 e. The van der Waals surface area contributed by atoms with Crippen LogP contribution in [0.2, 0.25) is 0 Å². The van der Waals surface area contributed by atoms with E-state index >= 15 is 0 Å². The fraction of sp³-hybridized carbons (Fsp3) is 0.917. The Kier molecular flexibility index (Phi) is 5.22. The van der Waals surface area contributed by atoms with Crippen LogP contribution in [0.15, 0.2) is 0 Å². The summed E-state index contributed by atoms with van der Waals surface area (Å²) in [5.41, 5.74) is 0. The van der Waals surface area contributed by atoms with Crippen molar-refractivity contribution in [3.63, 3.8) is 0 Å². The number of rotatable bonds is 5. The second kappa shape index (κ2) is 6.21. The van der Waals surface area contributed by atoms with E-state index in [9.17, 15) is 4.79 Å². The third kappa shape index (κ3) is 4.10. The molecular formula is C12H23NO3. The minimum absolute atomic E-state index is 0.231. The lowest BCUT2D eigenvalue weighted by molar-refractivity contribution is -0.141. The van der Waals surface area contributed by atoms with E-state index in [0.717, 1.165) is 12.8 Å². The van der Waals surface area contributed by atoms with Crippen LogP contribution >= 0.6 is 0 Å². The van der Waals surface area contributed by atoms with Crippen LogP contribution < -0.4 is 5.32 Å². The summed E-state index contributed by atoms with van der Waals surface area (Å²) in [7, 11) is 1.53. The SMILES string of the molecule is COCC(NC1CC(C)CC(C)C1)C(=O)O. The Bertz CT molecular complexity index is 222. The molecule has 1 aliphatic carbocycles. The van der Waals surface area contributed by atoms with Gasteiger partial charge in [-0.15, -0.1) is 0 Å². The second-order valence-corrected chi connectivity index (χ2v) is 5.13. The van der Waals surface area contributed by atoms with Crippen LogP contribution in [0.1, 0.15) is 33.1 Å². The average Bonchev–Trinajstić information content (AvgIpc) is 2.15. The Balaban J connectivity index is 2.47. The van der Waals surface area contributed by atoms with Gasteiger partial charge in [-0.1, -0.05) is 13.8 Å². The summed E-state index contributed by atoms with van der Waals surface area (Å²) in [5.74, 6) is 0.532. The van der Waals surface area contributed by atoms with E-state index in [4.69, 9.17) is 9.84 Å². The number of nitrogens with one attached hydrogen (secondary N) is 1. The monoisotopic (exact) mass is 229 g/mol. The zero-order valence-electron chi connectivity index (χ0n) is 10.4. The van der Waals surface area contributed by atoms with E-state index in [1.54, 1.807) is 0 Å². The maximum atomic E-state index is 11.0. The first-order chi connectivity index (χ1) is 7.52. The molecule has 0 bridgehead atoms. The van der Waals surface area contributed by atoms with Gasteiger partial charge in [0.15, 0.2) is 0 Å². The number of methoxy groups -OCH3 is 1. The molecule has 3 atom stereocenters. The predicted molar refractivity (Wildman–Crippen MR) is 62.4 cm³/mol. The molecule has 0 heterocycles. The van der Waals surface area contributed by atoms with Gasteiger partial charge in [0.1, 0.15) is 6.04 Å². The van der Waals surface area contributed by atoms with Crippen molar-refractivity contribution in [2.24, 2.45) is 11.8 Å². The maximum absolute atomic E-state index is 11.0. The van der Waals surface area contributed by atoms with Gasteiger partial charge in [-0.05, 0) is 31.1 Å². The molecule has 0 aromatic heterocycles. The van der Waals surface area contributed by atoms with Crippen LogP contribution in [0.25, 0.3) is 0 Å². The fourth-order valence-corrected chi connectivity index (χ4v) is 2.72. The number of carboxylic acid groups (broad SMARTS) is 1. The first-order valence-electron chi connectivity index (χ1n) is 6.00. The van der Waals surface area contributed by atoms with Crippen molar-refractivity contribution in [2.75, 3.05) is 13.7 Å². The number of carbonyl (C=O) groups is 1. The minimum atomic E-state index is -0.826. The van der Waals surface area contributed by atoms with Crippen molar-refractivity contribution in [1.29, 1.82) is 0 Å². The molecule has 4 nitrogen and oxygen atoms in total. The predicted octanol–water partition coefficient (Wildman–Crippen LogP) is 1.50. The molecule has 0 aromatic carbocycles. The van der Waals surface area contributed by atoms with Gasteiger partial charge in [0.25, 0.3) is 0 Å². The molecular weight excluding hydrogens is 206 g/mol. The molecule has 3 unspecified atom stereocenters. The van der Waals surface area contributed by atoms with Gasteiger partial charge in [-0.2, -0.15) is 0 Å². The Morgan fingerprint density at radius 3 is 2.38 bits per heavy atom. The summed E-state index contributed by atoms with van der Waals surface area (Å²) in [4.78, 5) is 11.0. The summed E-state index contributed by atoms with van der Waals surface area (Å²) in [6.45, 7) is 4.70. The van der Waals surface area contributed by atoms with Gasteiger partial charge in [0.2, 0.25) is 0 Å². The Hall–Kier alpha value is -0.610. The zero-order chi connectivity index (χ0) is 12.1. The van der Waals surface area contributed by atoms with Crippen LogP contribution in [-0.4, -0.2) is 36.9 Å². The lowest BCUT2D eigenvalue weighted by atomic mass is 9.80. The van der Waals surface area contributed by atoms with E-state index < -0.39 is 12.0 Å². The standard InChI is InChI=1S/C12H23NO3/c1-8-4-9(2)6-10(5-8)13-11(7-16-3)12(14)15/h8-11,13H,4-7H2,1-3H3,(H,14,15). The third-order valence-corrected chi connectivity index (χ3v) is 3.25. The van der Waals surface area contributed by atoms with Gasteiger partial charge in [-0.3, -0.25) is 10.1 Å². The molecule has 1 fully saturated rings. The molecule has 1 rings (SSSR count). The van der Waals surface area contributed by atoms with E-state index in [1.165, 1.54) is 13.5 Å². The quantitative estimate of drug-likeness (QED) is 0.750. The van der Waals surface area contributed by atoms with Crippen molar-refractivity contribution < 1.29 is 14.6 Å². The molecule has 1 saturated carbocycles. The smallest absolute Gasteiger partial charge is 0.323 e. The number of carboxylic acids is 1. The molecule has 1 aliphatic rings. The van der Waals surface area contributed by atoms with E-state index in [1.807, 2.05) is 0 Å². The average molecular weight is 229 g/mol. The Labute approximate surface area is 97.4 Å². The van der Waals surface area contributed by atoms with Gasteiger partial charge in [0, 0.05) is 13.2 Å². The zero-order valence-corrected chi connectivity index (χ0v) is 10.4. The molecule has 0 radical (unpaired) electrons. The van der Waals surface area contributed by atoms with E-state index in [2.05, 4.69) is 19.2 Å². The van der Waals surface area contributed by atoms with E-state index in [-0.39, 0.29) is 6.61 Å². The molecule has 2 N–H and O–H groups in total. The first-order valence-corrected chi connectivity index (χ1v) is 6.00. The summed E-state index contributed by atoms with van der Waals surface area (Å²) < 4.78 is 4.92. The second-order valence-electron chi connectivity index (χ2n) is 5.13. The highest BCUT2D eigenvalue weighted by Gasteiger charge is 2.27. The van der Waals surface area contributed by atoms with Crippen LogP contribution in [0.3, 0.4) is 0 Å². The summed E-state index contributed by atoms with van der Waals surface area (Å²) in [6.07, 6.45) is 3.38. The number of hydrogen-bond donors (Lipinski definition) is 2. The minimum Gasteiger partial charge on any atom is -0.480 e. The molecule has 0 aromatic rings. The third-order valence-electron chi connectivity index (χ3n) is 3.25. The number of ether oxygens (including phenoxy) is 1. The van der Waals surface area contributed by atoms with Crippen LogP contribution in [-0.2, 0) is 9.53 Å². The molecule has 0 aliphatic heterocycles. The summed E-state index contributed by atoms with van der Waals surface area (Å²) >= 11 is 0. The van der Waals surface area contributed by atoms with Crippen molar-refractivity contribution in [3.8, 4) is 0 Å². The van der Waals surface area contributed by atoms with Crippen molar-refractivity contribution in [3.05, 3.63) is 0 Å². The lowest BCUT2D eigenvalue weighted by Gasteiger charge is -2.33. The highest BCUT2D eigenvalue weighted by Crippen LogP contribution is 2.28. The summed E-state index contributed by atoms with van der Waals surface area (Å²) in [5, 5.41) is 12.2. The molecule has 94 valence electrons. The van der Waals surface area contributed by atoms with Crippen LogP contribution in [0.5, 0.6) is 0 Å². The fourth-order valence-electron chi connectivity index (χ4n) is 2.72.